The van der Waals surface area contributed by atoms with Gasteiger partial charge in [0.05, 0.1) is 13.2 Å². The third-order valence-electron chi connectivity index (χ3n) is 6.44. The normalized spacial score (nSPS) is 11.9. The van der Waals surface area contributed by atoms with E-state index in [1.807, 2.05) is 30.3 Å². The molecule has 196 valence electrons. The van der Waals surface area contributed by atoms with Crippen molar-refractivity contribution in [1.82, 2.24) is 4.90 Å². The van der Waals surface area contributed by atoms with Crippen molar-refractivity contribution in [3.63, 3.8) is 0 Å². The number of benzene rings is 4. The topological polar surface area (TPSA) is 21.7 Å². The van der Waals surface area contributed by atoms with E-state index in [1.165, 1.54) is 27.8 Å². The van der Waals surface area contributed by atoms with Gasteiger partial charge >= 0.3 is 0 Å². The lowest BCUT2D eigenvalue weighted by atomic mass is 9.88. The highest BCUT2D eigenvalue weighted by Crippen LogP contribution is 2.35. The quantitative estimate of drug-likeness (QED) is 0.0952. The van der Waals surface area contributed by atoms with Crippen molar-refractivity contribution >= 4 is 22.7 Å². The summed E-state index contributed by atoms with van der Waals surface area (Å²) in [5.74, 6) is 1.43. The number of ether oxygens (including phenoxy) is 2. The molecule has 0 radical (unpaired) electrons. The Morgan fingerprint density at radius 1 is 0.658 bits per heavy atom. The summed E-state index contributed by atoms with van der Waals surface area (Å²) in [7, 11) is 2.09. The van der Waals surface area contributed by atoms with Crippen LogP contribution in [0, 0.1) is 0 Å². The van der Waals surface area contributed by atoms with Gasteiger partial charge in [0.15, 0.2) is 0 Å². The molecule has 38 heavy (non-hydrogen) atoms. The molecule has 4 aromatic carbocycles. The molecule has 4 rings (SSSR count). The lowest BCUT2D eigenvalue weighted by Crippen LogP contribution is -2.27. The molecule has 0 fully saturated rings. The standard InChI is InChI=1S/C34H36ClNO2/c1-36(23-25-37-27-28-11-5-2-6-12-28)24-26-38-32-19-17-31(18-20-32)34(30-15-9-4-10-16-30)33(21-22-35)29-13-7-3-8-14-29/h2-20H,21-27H2,1H3/b34-33-. The molecule has 0 unspecified atom stereocenters. The lowest BCUT2D eigenvalue weighted by molar-refractivity contribution is 0.0956. The van der Waals surface area contributed by atoms with Crippen LogP contribution in [0.25, 0.3) is 11.1 Å². The zero-order valence-corrected chi connectivity index (χ0v) is 22.8. The number of rotatable bonds is 14. The Morgan fingerprint density at radius 3 is 1.84 bits per heavy atom. The number of alkyl halides is 1. The smallest absolute Gasteiger partial charge is 0.119 e. The second-order valence-electron chi connectivity index (χ2n) is 9.24. The Balaban J connectivity index is 1.37. The highest BCUT2D eigenvalue weighted by atomic mass is 35.5. The Morgan fingerprint density at radius 2 is 1.21 bits per heavy atom. The highest BCUT2D eigenvalue weighted by molar-refractivity contribution is 6.18. The van der Waals surface area contributed by atoms with Gasteiger partial charge in [-0.2, -0.15) is 0 Å². The van der Waals surface area contributed by atoms with E-state index in [-0.39, 0.29) is 0 Å². The van der Waals surface area contributed by atoms with E-state index in [1.54, 1.807) is 0 Å². The number of halogens is 1. The van der Waals surface area contributed by atoms with Crippen molar-refractivity contribution < 1.29 is 9.47 Å². The second-order valence-corrected chi connectivity index (χ2v) is 9.62. The maximum atomic E-state index is 6.28. The van der Waals surface area contributed by atoms with Crippen LogP contribution in [0.2, 0.25) is 0 Å². The van der Waals surface area contributed by atoms with Crippen LogP contribution < -0.4 is 4.74 Å². The predicted molar refractivity (Wildman–Crippen MR) is 160 cm³/mol. The predicted octanol–water partition coefficient (Wildman–Crippen LogP) is 7.80. The van der Waals surface area contributed by atoms with Gasteiger partial charge in [-0.3, -0.25) is 0 Å². The fourth-order valence-electron chi connectivity index (χ4n) is 4.40. The van der Waals surface area contributed by atoms with E-state index in [9.17, 15) is 0 Å². The van der Waals surface area contributed by atoms with Crippen LogP contribution in [0.1, 0.15) is 28.7 Å². The van der Waals surface area contributed by atoms with E-state index >= 15 is 0 Å². The van der Waals surface area contributed by atoms with Crippen molar-refractivity contribution in [3.05, 3.63) is 138 Å². The zero-order valence-electron chi connectivity index (χ0n) is 22.1. The highest BCUT2D eigenvalue weighted by Gasteiger charge is 2.14. The summed E-state index contributed by atoms with van der Waals surface area (Å²) in [4.78, 5) is 2.23. The van der Waals surface area contributed by atoms with Crippen LogP contribution in [0.3, 0.4) is 0 Å². The third kappa shape index (κ3) is 8.32. The molecule has 0 spiro atoms. The second kappa shape index (κ2) is 15.1. The van der Waals surface area contributed by atoms with Crippen LogP contribution in [-0.4, -0.2) is 44.1 Å². The molecule has 4 heteroatoms. The summed E-state index contributed by atoms with van der Waals surface area (Å²) >= 11 is 6.28. The third-order valence-corrected chi connectivity index (χ3v) is 6.63. The minimum absolute atomic E-state index is 0.562. The molecule has 0 aliphatic rings. The van der Waals surface area contributed by atoms with Gasteiger partial charge in [0.25, 0.3) is 0 Å². The molecule has 3 nitrogen and oxygen atoms in total. The average Bonchev–Trinajstić information content (AvgIpc) is 2.97. The molecule has 0 saturated carbocycles. The minimum Gasteiger partial charge on any atom is -0.492 e. The molecule has 0 aliphatic carbocycles. The van der Waals surface area contributed by atoms with E-state index in [0.717, 1.165) is 30.8 Å². The SMILES string of the molecule is CN(CCOCc1ccccc1)CCOc1ccc(/C(=C(/CCCl)c2ccccc2)c2ccccc2)cc1. The summed E-state index contributed by atoms with van der Waals surface area (Å²) in [5, 5.41) is 0. The zero-order chi connectivity index (χ0) is 26.4. The number of nitrogens with zero attached hydrogens (tertiary/aromatic N) is 1. The van der Waals surface area contributed by atoms with E-state index in [2.05, 4.69) is 96.9 Å². The molecule has 0 atom stereocenters. The van der Waals surface area contributed by atoms with Gasteiger partial charge in [-0.25, -0.2) is 0 Å². The summed E-state index contributed by atoms with van der Waals surface area (Å²) < 4.78 is 11.9. The van der Waals surface area contributed by atoms with Gasteiger partial charge in [0.2, 0.25) is 0 Å². The van der Waals surface area contributed by atoms with Crippen molar-refractivity contribution in [2.45, 2.75) is 13.0 Å². The molecule has 0 amide bonds. The Labute approximate surface area is 232 Å². The Bertz CT molecular complexity index is 1240. The summed E-state index contributed by atoms with van der Waals surface area (Å²) in [6.45, 7) is 3.66. The van der Waals surface area contributed by atoms with E-state index in [4.69, 9.17) is 21.1 Å². The molecule has 0 aromatic heterocycles. The van der Waals surface area contributed by atoms with Crippen LogP contribution >= 0.6 is 11.6 Å². The largest absolute Gasteiger partial charge is 0.492 e. The molecule has 0 bridgehead atoms. The first-order valence-electron chi connectivity index (χ1n) is 13.2. The Kier molecular flexibility index (Phi) is 11.0. The van der Waals surface area contributed by atoms with Gasteiger partial charge < -0.3 is 14.4 Å². The van der Waals surface area contributed by atoms with Crippen LogP contribution in [0.15, 0.2) is 115 Å². The number of likely N-dealkylation sites (N-methyl/N-ethyl adjacent to an activating group) is 1. The van der Waals surface area contributed by atoms with Crippen molar-refractivity contribution in [2.75, 3.05) is 39.2 Å². The molecule has 0 aliphatic heterocycles. The number of hydrogen-bond acceptors (Lipinski definition) is 3. The van der Waals surface area contributed by atoms with Crippen molar-refractivity contribution in [1.29, 1.82) is 0 Å². The maximum Gasteiger partial charge on any atom is 0.119 e. The van der Waals surface area contributed by atoms with Crippen LogP contribution in [0.5, 0.6) is 5.75 Å². The molecule has 0 saturated heterocycles. The first kappa shape index (κ1) is 27.7. The Hall–Kier alpha value is -3.37. The minimum atomic E-state index is 0.562. The monoisotopic (exact) mass is 525 g/mol. The van der Waals surface area contributed by atoms with Gasteiger partial charge in [0, 0.05) is 19.0 Å². The summed E-state index contributed by atoms with van der Waals surface area (Å²) in [5.41, 5.74) is 7.19. The van der Waals surface area contributed by atoms with E-state index < -0.39 is 0 Å². The molecule has 0 N–H and O–H groups in total. The summed E-state index contributed by atoms with van der Waals surface area (Å²) in [6.07, 6.45) is 0.787. The fourth-order valence-corrected chi connectivity index (χ4v) is 4.59. The van der Waals surface area contributed by atoms with Crippen molar-refractivity contribution in [2.24, 2.45) is 0 Å². The van der Waals surface area contributed by atoms with Crippen LogP contribution in [0.4, 0.5) is 0 Å². The summed E-state index contributed by atoms with van der Waals surface area (Å²) in [6, 6.07) is 39.7. The first-order chi connectivity index (χ1) is 18.7. The molecule has 0 heterocycles. The fraction of sp³-hybridized carbons (Fsp3) is 0.235. The van der Waals surface area contributed by atoms with Gasteiger partial charge in [-0.15, -0.1) is 11.6 Å². The molecular weight excluding hydrogens is 490 g/mol. The van der Waals surface area contributed by atoms with Gasteiger partial charge in [0.1, 0.15) is 12.4 Å². The van der Waals surface area contributed by atoms with E-state index in [0.29, 0.717) is 25.7 Å². The first-order valence-corrected chi connectivity index (χ1v) is 13.7. The molecular formula is C34H36ClNO2. The van der Waals surface area contributed by atoms with Crippen molar-refractivity contribution in [3.8, 4) is 5.75 Å². The number of allylic oxidation sites excluding steroid dienone is 1. The van der Waals surface area contributed by atoms with Crippen LogP contribution in [-0.2, 0) is 11.3 Å². The van der Waals surface area contributed by atoms with Gasteiger partial charge in [-0.05, 0) is 59.0 Å². The van der Waals surface area contributed by atoms with Gasteiger partial charge in [-0.1, -0.05) is 103 Å². The number of hydrogen-bond donors (Lipinski definition) is 0. The lowest BCUT2D eigenvalue weighted by Gasteiger charge is -2.18. The maximum absolute atomic E-state index is 6.28. The average molecular weight is 526 g/mol. The molecule has 4 aromatic rings.